The van der Waals surface area contributed by atoms with Gasteiger partial charge in [-0.05, 0) is 19.1 Å². The van der Waals surface area contributed by atoms with Gasteiger partial charge in [0.25, 0.3) is 5.91 Å². The van der Waals surface area contributed by atoms with Crippen LogP contribution in [-0.2, 0) is 14.4 Å². The van der Waals surface area contributed by atoms with Gasteiger partial charge in [0.05, 0.1) is 6.42 Å². The smallest absolute Gasteiger partial charge is 0.323 e. The molecule has 2 N–H and O–H groups in total. The summed E-state index contributed by atoms with van der Waals surface area (Å²) in [6, 6.07) is 7.03. The normalized spacial score (nSPS) is 9.95. The van der Waals surface area contributed by atoms with E-state index in [-0.39, 0.29) is 19.6 Å². The quantitative estimate of drug-likeness (QED) is 0.733. The molecule has 0 aliphatic rings. The third kappa shape index (κ3) is 6.42. The second-order valence-electron chi connectivity index (χ2n) is 4.45. The standard InChI is InChI=1S/C14H17NO6/c1-10-2-4-11(5-3-10)21-9-12(16)15(8-14(19)20)7-6-13(17)18/h2-5H,6-9H2,1H3,(H,17,18)(H,19,20). The Labute approximate surface area is 121 Å². The van der Waals surface area contributed by atoms with Crippen molar-refractivity contribution in [3.05, 3.63) is 29.8 Å². The number of ether oxygens (including phenoxy) is 1. The number of carboxylic acids is 2. The molecular weight excluding hydrogens is 278 g/mol. The third-order valence-corrected chi connectivity index (χ3v) is 2.66. The Balaban J connectivity index is 2.56. The van der Waals surface area contributed by atoms with Crippen LogP contribution in [0.25, 0.3) is 0 Å². The van der Waals surface area contributed by atoms with Crippen molar-refractivity contribution in [1.29, 1.82) is 0 Å². The predicted octanol–water partition coefficient (Wildman–Crippen LogP) is 0.762. The van der Waals surface area contributed by atoms with Crippen LogP contribution in [0.5, 0.6) is 5.75 Å². The molecule has 0 heterocycles. The first-order chi connectivity index (χ1) is 9.88. The summed E-state index contributed by atoms with van der Waals surface area (Å²) in [6.45, 7) is 0.854. The summed E-state index contributed by atoms with van der Waals surface area (Å²) >= 11 is 0. The van der Waals surface area contributed by atoms with E-state index in [0.717, 1.165) is 10.5 Å². The van der Waals surface area contributed by atoms with Gasteiger partial charge in [-0.1, -0.05) is 17.7 Å². The monoisotopic (exact) mass is 295 g/mol. The van der Waals surface area contributed by atoms with Crippen LogP contribution in [0.1, 0.15) is 12.0 Å². The van der Waals surface area contributed by atoms with Crippen LogP contribution < -0.4 is 4.74 Å². The first kappa shape index (κ1) is 16.5. The van der Waals surface area contributed by atoms with E-state index in [1.807, 2.05) is 19.1 Å². The summed E-state index contributed by atoms with van der Waals surface area (Å²) < 4.78 is 5.26. The molecule has 0 aromatic heterocycles. The number of carbonyl (C=O) groups excluding carboxylic acids is 1. The number of amides is 1. The minimum atomic E-state index is -1.20. The van der Waals surface area contributed by atoms with Crippen molar-refractivity contribution >= 4 is 17.8 Å². The second-order valence-corrected chi connectivity index (χ2v) is 4.45. The Morgan fingerprint density at radius 2 is 1.71 bits per heavy atom. The lowest BCUT2D eigenvalue weighted by Gasteiger charge is -2.19. The summed E-state index contributed by atoms with van der Waals surface area (Å²) in [5.74, 6) is -2.39. The molecule has 0 spiro atoms. The van der Waals surface area contributed by atoms with Crippen molar-refractivity contribution < 1.29 is 29.3 Å². The van der Waals surface area contributed by atoms with Crippen LogP contribution in [0.4, 0.5) is 0 Å². The van der Waals surface area contributed by atoms with E-state index in [2.05, 4.69) is 0 Å². The zero-order valence-electron chi connectivity index (χ0n) is 11.6. The number of aliphatic carboxylic acids is 2. The van der Waals surface area contributed by atoms with Crippen molar-refractivity contribution in [3.63, 3.8) is 0 Å². The van der Waals surface area contributed by atoms with E-state index in [9.17, 15) is 14.4 Å². The molecule has 21 heavy (non-hydrogen) atoms. The van der Waals surface area contributed by atoms with Gasteiger partial charge in [0.2, 0.25) is 0 Å². The van der Waals surface area contributed by atoms with Gasteiger partial charge in [0, 0.05) is 6.54 Å². The lowest BCUT2D eigenvalue weighted by atomic mass is 10.2. The number of aryl methyl sites for hydroxylation is 1. The van der Waals surface area contributed by atoms with Crippen molar-refractivity contribution in [2.24, 2.45) is 0 Å². The number of carboxylic acid groups (broad SMARTS) is 2. The molecule has 0 fully saturated rings. The predicted molar refractivity (Wildman–Crippen MR) is 73.1 cm³/mol. The van der Waals surface area contributed by atoms with Gasteiger partial charge in [-0.2, -0.15) is 0 Å². The summed E-state index contributed by atoms with van der Waals surface area (Å²) in [7, 11) is 0. The van der Waals surface area contributed by atoms with E-state index in [1.54, 1.807) is 12.1 Å². The fourth-order valence-corrected chi connectivity index (χ4v) is 1.56. The molecule has 0 saturated heterocycles. The van der Waals surface area contributed by atoms with Crippen molar-refractivity contribution in [2.45, 2.75) is 13.3 Å². The number of rotatable bonds is 8. The minimum absolute atomic E-state index is 0.169. The fourth-order valence-electron chi connectivity index (χ4n) is 1.56. The molecule has 7 heteroatoms. The second kappa shape index (κ2) is 7.88. The maximum atomic E-state index is 11.9. The third-order valence-electron chi connectivity index (χ3n) is 2.66. The topological polar surface area (TPSA) is 104 Å². The molecule has 0 radical (unpaired) electrons. The van der Waals surface area contributed by atoms with Crippen LogP contribution in [-0.4, -0.2) is 52.7 Å². The van der Waals surface area contributed by atoms with E-state index < -0.39 is 24.4 Å². The largest absolute Gasteiger partial charge is 0.484 e. The minimum Gasteiger partial charge on any atom is -0.484 e. The Bertz CT molecular complexity index is 511. The fraction of sp³-hybridized carbons (Fsp3) is 0.357. The molecule has 0 saturated carbocycles. The number of carbonyl (C=O) groups is 3. The number of hydrogen-bond acceptors (Lipinski definition) is 4. The highest BCUT2D eigenvalue weighted by molar-refractivity contribution is 5.82. The molecule has 0 bridgehead atoms. The summed E-state index contributed by atoms with van der Waals surface area (Å²) in [5.41, 5.74) is 1.04. The van der Waals surface area contributed by atoms with Crippen LogP contribution in [0, 0.1) is 6.92 Å². The zero-order valence-corrected chi connectivity index (χ0v) is 11.6. The lowest BCUT2D eigenvalue weighted by Crippen LogP contribution is -2.40. The number of benzene rings is 1. The molecule has 7 nitrogen and oxygen atoms in total. The van der Waals surface area contributed by atoms with E-state index in [1.165, 1.54) is 0 Å². The summed E-state index contributed by atoms with van der Waals surface area (Å²) in [6.07, 6.45) is -0.316. The molecule has 114 valence electrons. The summed E-state index contributed by atoms with van der Waals surface area (Å²) in [4.78, 5) is 34.0. The lowest BCUT2D eigenvalue weighted by molar-refractivity contribution is -0.146. The number of hydrogen-bond donors (Lipinski definition) is 2. The van der Waals surface area contributed by atoms with Crippen molar-refractivity contribution in [3.8, 4) is 5.75 Å². The molecule has 1 amide bonds. The van der Waals surface area contributed by atoms with Gasteiger partial charge in [-0.15, -0.1) is 0 Å². The van der Waals surface area contributed by atoms with E-state index >= 15 is 0 Å². The maximum absolute atomic E-state index is 11.9. The molecule has 1 aromatic rings. The first-order valence-corrected chi connectivity index (χ1v) is 6.29. The Kier molecular flexibility index (Phi) is 6.19. The van der Waals surface area contributed by atoms with E-state index in [4.69, 9.17) is 14.9 Å². The molecule has 0 aliphatic carbocycles. The maximum Gasteiger partial charge on any atom is 0.323 e. The summed E-state index contributed by atoms with van der Waals surface area (Å²) in [5, 5.41) is 17.3. The van der Waals surface area contributed by atoms with Crippen LogP contribution >= 0.6 is 0 Å². The van der Waals surface area contributed by atoms with Crippen LogP contribution in [0.15, 0.2) is 24.3 Å². The highest BCUT2D eigenvalue weighted by atomic mass is 16.5. The molecule has 1 rings (SSSR count). The molecule has 0 unspecified atom stereocenters. The molecule has 0 aliphatic heterocycles. The molecular formula is C14H17NO6. The van der Waals surface area contributed by atoms with Gasteiger partial charge < -0.3 is 19.8 Å². The molecule has 1 aromatic carbocycles. The van der Waals surface area contributed by atoms with Crippen LogP contribution in [0.3, 0.4) is 0 Å². The van der Waals surface area contributed by atoms with Gasteiger partial charge in [-0.25, -0.2) is 0 Å². The molecule has 0 atom stereocenters. The SMILES string of the molecule is Cc1ccc(OCC(=O)N(CCC(=O)O)CC(=O)O)cc1. The average Bonchev–Trinajstić information content (AvgIpc) is 2.42. The van der Waals surface area contributed by atoms with Crippen molar-refractivity contribution in [1.82, 2.24) is 4.90 Å². The van der Waals surface area contributed by atoms with Crippen LogP contribution in [0.2, 0.25) is 0 Å². The highest BCUT2D eigenvalue weighted by Crippen LogP contribution is 2.11. The zero-order chi connectivity index (χ0) is 15.8. The highest BCUT2D eigenvalue weighted by Gasteiger charge is 2.18. The average molecular weight is 295 g/mol. The van der Waals surface area contributed by atoms with Gasteiger partial charge in [0.15, 0.2) is 6.61 Å². The van der Waals surface area contributed by atoms with Crippen molar-refractivity contribution in [2.75, 3.05) is 19.7 Å². The Hall–Kier alpha value is -2.57. The van der Waals surface area contributed by atoms with Gasteiger partial charge >= 0.3 is 11.9 Å². The Morgan fingerprint density at radius 3 is 2.24 bits per heavy atom. The van der Waals surface area contributed by atoms with Gasteiger partial charge in [0.1, 0.15) is 12.3 Å². The Morgan fingerprint density at radius 1 is 1.10 bits per heavy atom. The van der Waals surface area contributed by atoms with E-state index in [0.29, 0.717) is 5.75 Å². The first-order valence-electron chi connectivity index (χ1n) is 6.29. The number of nitrogens with zero attached hydrogens (tertiary/aromatic N) is 1. The van der Waals surface area contributed by atoms with Gasteiger partial charge in [-0.3, -0.25) is 14.4 Å².